The Morgan fingerprint density at radius 3 is 2.52 bits per heavy atom. The summed E-state index contributed by atoms with van der Waals surface area (Å²) in [5, 5.41) is 3.07. The predicted octanol–water partition coefficient (Wildman–Crippen LogP) is 1.82. The van der Waals surface area contributed by atoms with Crippen molar-refractivity contribution < 1.29 is 14.3 Å². The van der Waals surface area contributed by atoms with Gasteiger partial charge in [0.2, 0.25) is 17.8 Å². The number of amides is 2. The average molecular weight is 390 g/mol. The van der Waals surface area contributed by atoms with Gasteiger partial charge in [-0.25, -0.2) is 9.97 Å². The van der Waals surface area contributed by atoms with Gasteiger partial charge in [0, 0.05) is 44.3 Å². The lowest BCUT2D eigenvalue weighted by Crippen LogP contribution is -2.49. The van der Waals surface area contributed by atoms with E-state index < -0.39 is 0 Å². The van der Waals surface area contributed by atoms with Crippen molar-refractivity contribution in [1.82, 2.24) is 14.9 Å². The number of carbonyl (C=O) groups excluding carboxylic acids is 2. The zero-order valence-electron chi connectivity index (χ0n) is 14.9. The molecule has 27 heavy (non-hydrogen) atoms. The summed E-state index contributed by atoms with van der Waals surface area (Å²) in [5.41, 5.74) is 0.518. The number of nitrogens with one attached hydrogen (secondary N) is 1. The number of anilines is 2. The van der Waals surface area contributed by atoms with Crippen molar-refractivity contribution in [3.63, 3.8) is 0 Å². The third kappa shape index (κ3) is 4.85. The summed E-state index contributed by atoms with van der Waals surface area (Å²) in [7, 11) is 1.52. The van der Waals surface area contributed by atoms with Crippen molar-refractivity contribution in [3.8, 4) is 5.75 Å². The molecule has 0 atom stereocenters. The molecule has 0 radical (unpaired) electrons. The van der Waals surface area contributed by atoms with E-state index in [1.807, 2.05) is 4.90 Å². The van der Waals surface area contributed by atoms with Gasteiger partial charge in [-0.1, -0.05) is 11.6 Å². The van der Waals surface area contributed by atoms with E-state index >= 15 is 0 Å². The van der Waals surface area contributed by atoms with E-state index in [0.29, 0.717) is 48.6 Å². The van der Waals surface area contributed by atoms with Crippen LogP contribution in [0.5, 0.6) is 5.75 Å². The van der Waals surface area contributed by atoms with Crippen molar-refractivity contribution in [2.24, 2.45) is 0 Å². The van der Waals surface area contributed by atoms with Gasteiger partial charge in [-0.05, 0) is 24.3 Å². The molecule has 1 aromatic carbocycles. The van der Waals surface area contributed by atoms with Crippen LogP contribution in [-0.2, 0) is 9.59 Å². The van der Waals surface area contributed by atoms with Crippen LogP contribution < -0.4 is 15.0 Å². The maximum absolute atomic E-state index is 12.4. The van der Waals surface area contributed by atoms with E-state index in [2.05, 4.69) is 15.3 Å². The Morgan fingerprint density at radius 2 is 1.89 bits per heavy atom. The van der Waals surface area contributed by atoms with E-state index in [0.717, 1.165) is 0 Å². The molecule has 8 nitrogen and oxygen atoms in total. The number of carbonyl (C=O) groups is 2. The molecule has 0 aliphatic carbocycles. The largest absolute Gasteiger partial charge is 0.495 e. The van der Waals surface area contributed by atoms with Crippen molar-refractivity contribution in [2.45, 2.75) is 6.42 Å². The fourth-order valence-electron chi connectivity index (χ4n) is 2.81. The normalized spacial score (nSPS) is 14.0. The number of halogens is 1. The van der Waals surface area contributed by atoms with Gasteiger partial charge in [-0.15, -0.1) is 0 Å². The van der Waals surface area contributed by atoms with Crippen LogP contribution in [-0.4, -0.2) is 60.0 Å². The molecule has 1 aliphatic rings. The van der Waals surface area contributed by atoms with Crippen molar-refractivity contribution in [1.29, 1.82) is 0 Å². The monoisotopic (exact) mass is 389 g/mol. The van der Waals surface area contributed by atoms with Crippen LogP contribution in [0.25, 0.3) is 0 Å². The number of aromatic nitrogens is 2. The Kier molecular flexibility index (Phi) is 6.08. The van der Waals surface area contributed by atoms with E-state index in [1.165, 1.54) is 7.11 Å². The van der Waals surface area contributed by atoms with Crippen LogP contribution in [0.3, 0.4) is 0 Å². The summed E-state index contributed by atoms with van der Waals surface area (Å²) < 4.78 is 5.07. The molecule has 0 bridgehead atoms. The lowest BCUT2D eigenvalue weighted by atomic mass is 10.2. The van der Waals surface area contributed by atoms with E-state index in [9.17, 15) is 9.59 Å². The standard InChI is InChI=1S/C18H20ClN5O3/c1-27-15-4-3-13(11-14(15)19)22-16(25)12-17(26)23-7-9-24(10-8-23)18-20-5-2-6-21-18/h2-6,11H,7-10,12H2,1H3,(H,22,25). The molecule has 1 fully saturated rings. The number of piperazine rings is 1. The summed E-state index contributed by atoms with van der Waals surface area (Å²) in [6.45, 7) is 2.31. The minimum Gasteiger partial charge on any atom is -0.495 e. The summed E-state index contributed by atoms with van der Waals surface area (Å²) in [5.74, 6) is 0.584. The van der Waals surface area contributed by atoms with Crippen molar-refractivity contribution in [3.05, 3.63) is 41.7 Å². The third-order valence-corrected chi connectivity index (χ3v) is 4.51. The molecule has 0 saturated carbocycles. The van der Waals surface area contributed by atoms with Gasteiger partial charge in [0.15, 0.2) is 0 Å². The van der Waals surface area contributed by atoms with Crippen molar-refractivity contribution in [2.75, 3.05) is 43.5 Å². The summed E-state index contributed by atoms with van der Waals surface area (Å²) in [4.78, 5) is 36.7. The molecule has 142 valence electrons. The Bertz CT molecular complexity index is 810. The zero-order chi connectivity index (χ0) is 19.2. The molecule has 1 saturated heterocycles. The highest BCUT2D eigenvalue weighted by Crippen LogP contribution is 2.27. The first-order chi connectivity index (χ1) is 13.1. The highest BCUT2D eigenvalue weighted by atomic mass is 35.5. The van der Waals surface area contributed by atoms with Crippen LogP contribution in [0.1, 0.15) is 6.42 Å². The predicted molar refractivity (Wildman–Crippen MR) is 102 cm³/mol. The number of benzene rings is 1. The van der Waals surface area contributed by atoms with E-state index in [-0.39, 0.29) is 18.2 Å². The Hall–Kier alpha value is -2.87. The number of nitrogens with zero attached hydrogens (tertiary/aromatic N) is 4. The first-order valence-corrected chi connectivity index (χ1v) is 8.88. The quantitative estimate of drug-likeness (QED) is 0.785. The second-order valence-electron chi connectivity index (χ2n) is 5.99. The SMILES string of the molecule is COc1ccc(NC(=O)CC(=O)N2CCN(c3ncccn3)CC2)cc1Cl. The van der Waals surface area contributed by atoms with Gasteiger partial charge in [0.1, 0.15) is 12.2 Å². The second-order valence-corrected chi connectivity index (χ2v) is 6.40. The minimum absolute atomic E-state index is 0.208. The van der Waals surface area contributed by atoms with Crippen LogP contribution in [0.4, 0.5) is 11.6 Å². The van der Waals surface area contributed by atoms with Gasteiger partial charge >= 0.3 is 0 Å². The van der Waals surface area contributed by atoms with Crippen LogP contribution >= 0.6 is 11.6 Å². The highest BCUT2D eigenvalue weighted by Gasteiger charge is 2.24. The Balaban J connectivity index is 1.49. The Labute approximate surface area is 162 Å². The molecule has 9 heteroatoms. The topological polar surface area (TPSA) is 87.7 Å². The minimum atomic E-state index is -0.380. The molecule has 2 amide bonds. The summed E-state index contributed by atoms with van der Waals surface area (Å²) in [6.07, 6.45) is 3.16. The van der Waals surface area contributed by atoms with Gasteiger partial charge in [0.05, 0.1) is 12.1 Å². The summed E-state index contributed by atoms with van der Waals surface area (Å²) in [6, 6.07) is 6.68. The first kappa shape index (κ1) is 18.9. The molecule has 2 aromatic rings. The molecule has 2 heterocycles. The maximum Gasteiger partial charge on any atom is 0.233 e. The number of rotatable bonds is 5. The third-order valence-electron chi connectivity index (χ3n) is 4.21. The molecule has 1 N–H and O–H groups in total. The molecular weight excluding hydrogens is 370 g/mol. The van der Waals surface area contributed by atoms with Crippen LogP contribution in [0.2, 0.25) is 5.02 Å². The molecule has 0 spiro atoms. The fourth-order valence-corrected chi connectivity index (χ4v) is 3.07. The zero-order valence-corrected chi connectivity index (χ0v) is 15.6. The van der Waals surface area contributed by atoms with E-state index in [1.54, 1.807) is 41.6 Å². The first-order valence-electron chi connectivity index (χ1n) is 8.50. The molecule has 0 unspecified atom stereocenters. The lowest BCUT2D eigenvalue weighted by Gasteiger charge is -2.34. The summed E-state index contributed by atoms with van der Waals surface area (Å²) >= 11 is 6.04. The average Bonchev–Trinajstić information content (AvgIpc) is 2.69. The fraction of sp³-hybridized carbons (Fsp3) is 0.333. The molecule has 3 rings (SSSR count). The van der Waals surface area contributed by atoms with Crippen molar-refractivity contribution >= 4 is 35.1 Å². The van der Waals surface area contributed by atoms with Crippen LogP contribution in [0.15, 0.2) is 36.7 Å². The molecular formula is C18H20ClN5O3. The molecule has 1 aliphatic heterocycles. The smallest absolute Gasteiger partial charge is 0.233 e. The number of ether oxygens (including phenoxy) is 1. The lowest BCUT2D eigenvalue weighted by molar-refractivity contribution is -0.134. The Morgan fingerprint density at radius 1 is 1.19 bits per heavy atom. The number of methoxy groups -OCH3 is 1. The van der Waals surface area contributed by atoms with Gasteiger partial charge in [-0.3, -0.25) is 9.59 Å². The van der Waals surface area contributed by atoms with Gasteiger partial charge in [0.25, 0.3) is 0 Å². The van der Waals surface area contributed by atoms with E-state index in [4.69, 9.17) is 16.3 Å². The van der Waals surface area contributed by atoms with Gasteiger partial charge < -0.3 is 19.9 Å². The molecule has 1 aromatic heterocycles. The number of hydrogen-bond acceptors (Lipinski definition) is 6. The second kappa shape index (κ2) is 8.68. The van der Waals surface area contributed by atoms with Crippen LogP contribution in [0, 0.1) is 0 Å². The van der Waals surface area contributed by atoms with Gasteiger partial charge in [-0.2, -0.15) is 0 Å². The highest BCUT2D eigenvalue weighted by molar-refractivity contribution is 6.32. The maximum atomic E-state index is 12.4. The number of hydrogen-bond donors (Lipinski definition) is 1.